The predicted octanol–water partition coefficient (Wildman–Crippen LogP) is 5.26. The summed E-state index contributed by atoms with van der Waals surface area (Å²) in [5, 5.41) is 4.22. The average Bonchev–Trinajstić information content (AvgIpc) is 2.69. The number of nitrogens with one attached hydrogen (secondary N) is 1. The first-order valence-corrected chi connectivity index (χ1v) is 10.7. The Labute approximate surface area is 183 Å². The molecule has 0 saturated heterocycles. The molecule has 4 nitrogen and oxygen atoms in total. The molecule has 0 aliphatic rings. The summed E-state index contributed by atoms with van der Waals surface area (Å²) in [7, 11) is 0. The fraction of sp³-hybridized carbons (Fsp3) is 0.391. The van der Waals surface area contributed by atoms with Crippen molar-refractivity contribution in [2.24, 2.45) is 0 Å². The van der Waals surface area contributed by atoms with Crippen molar-refractivity contribution in [2.75, 3.05) is 0 Å². The van der Waals surface area contributed by atoms with Gasteiger partial charge in [0, 0.05) is 22.6 Å². The maximum Gasteiger partial charge on any atom is 0.243 e. The van der Waals surface area contributed by atoms with Gasteiger partial charge in [-0.2, -0.15) is 0 Å². The van der Waals surface area contributed by atoms with Crippen LogP contribution in [-0.4, -0.2) is 28.8 Å². The molecule has 1 N–H and O–H groups in total. The lowest BCUT2D eigenvalue weighted by atomic mass is 10.1. The predicted molar refractivity (Wildman–Crippen MR) is 119 cm³/mol. The molecule has 29 heavy (non-hydrogen) atoms. The first-order chi connectivity index (χ1) is 13.8. The highest BCUT2D eigenvalue weighted by Gasteiger charge is 2.29. The van der Waals surface area contributed by atoms with Crippen molar-refractivity contribution >= 4 is 35.0 Å². The molecule has 0 bridgehead atoms. The summed E-state index contributed by atoms with van der Waals surface area (Å²) < 4.78 is 0. The smallest absolute Gasteiger partial charge is 0.243 e. The van der Waals surface area contributed by atoms with Crippen molar-refractivity contribution < 1.29 is 9.59 Å². The first-order valence-electron chi connectivity index (χ1n) is 9.92. The van der Waals surface area contributed by atoms with Crippen molar-refractivity contribution in [1.29, 1.82) is 0 Å². The van der Waals surface area contributed by atoms with Crippen LogP contribution in [0.1, 0.15) is 44.7 Å². The lowest BCUT2D eigenvalue weighted by Gasteiger charge is -2.31. The third-order valence-electron chi connectivity index (χ3n) is 4.90. The summed E-state index contributed by atoms with van der Waals surface area (Å²) >= 11 is 12.1. The van der Waals surface area contributed by atoms with Gasteiger partial charge in [0.25, 0.3) is 0 Å². The van der Waals surface area contributed by atoms with Gasteiger partial charge in [0.15, 0.2) is 0 Å². The molecular weight excluding hydrogens is 407 g/mol. The zero-order valence-corrected chi connectivity index (χ0v) is 18.6. The summed E-state index contributed by atoms with van der Waals surface area (Å²) in [4.78, 5) is 27.8. The van der Waals surface area contributed by atoms with Gasteiger partial charge in [-0.15, -0.1) is 0 Å². The molecule has 0 aromatic heterocycles. The molecule has 0 saturated carbocycles. The van der Waals surface area contributed by atoms with E-state index in [1.807, 2.05) is 45.0 Å². The number of rotatable bonds is 9. The number of benzene rings is 2. The molecule has 156 valence electrons. The van der Waals surface area contributed by atoms with Gasteiger partial charge in [-0.1, -0.05) is 61.3 Å². The van der Waals surface area contributed by atoms with Crippen LogP contribution in [-0.2, 0) is 22.6 Å². The Balaban J connectivity index is 2.28. The van der Waals surface area contributed by atoms with Gasteiger partial charge in [-0.25, -0.2) is 0 Å². The molecule has 0 heterocycles. The van der Waals surface area contributed by atoms with E-state index < -0.39 is 6.04 Å². The van der Waals surface area contributed by atoms with E-state index in [0.717, 1.165) is 17.5 Å². The maximum atomic E-state index is 13.2. The number of halogens is 2. The molecule has 2 aromatic rings. The van der Waals surface area contributed by atoms with Gasteiger partial charge in [0.2, 0.25) is 11.8 Å². The Bertz CT molecular complexity index is 824. The van der Waals surface area contributed by atoms with Crippen molar-refractivity contribution in [2.45, 2.75) is 58.7 Å². The van der Waals surface area contributed by atoms with Crippen molar-refractivity contribution in [1.82, 2.24) is 10.2 Å². The van der Waals surface area contributed by atoms with E-state index in [1.54, 1.807) is 29.2 Å². The Morgan fingerprint density at radius 2 is 1.66 bits per heavy atom. The number of carbonyl (C=O) groups is 2. The van der Waals surface area contributed by atoms with E-state index in [-0.39, 0.29) is 24.3 Å². The summed E-state index contributed by atoms with van der Waals surface area (Å²) in [6, 6.07) is 14.1. The molecule has 0 spiro atoms. The van der Waals surface area contributed by atoms with Crippen LogP contribution < -0.4 is 5.32 Å². The molecule has 2 atom stereocenters. The van der Waals surface area contributed by atoms with Gasteiger partial charge < -0.3 is 10.2 Å². The third-order valence-corrected chi connectivity index (χ3v) is 5.38. The van der Waals surface area contributed by atoms with E-state index in [2.05, 4.69) is 5.32 Å². The normalized spacial score (nSPS) is 12.9. The summed E-state index contributed by atoms with van der Waals surface area (Å²) in [5.74, 6) is -0.247. The molecular formula is C23H28Cl2N2O2. The van der Waals surface area contributed by atoms with Crippen LogP contribution >= 0.6 is 23.2 Å². The molecule has 0 radical (unpaired) electrons. The highest BCUT2D eigenvalue weighted by molar-refractivity contribution is 6.30. The molecule has 2 aromatic carbocycles. The largest absolute Gasteiger partial charge is 0.352 e. The second-order valence-corrected chi connectivity index (χ2v) is 8.07. The van der Waals surface area contributed by atoms with Crippen molar-refractivity contribution in [3.05, 3.63) is 69.7 Å². The zero-order chi connectivity index (χ0) is 21.4. The molecule has 0 aliphatic heterocycles. The van der Waals surface area contributed by atoms with Crippen LogP contribution in [0.15, 0.2) is 48.5 Å². The number of nitrogens with zero attached hydrogens (tertiary/aromatic N) is 1. The van der Waals surface area contributed by atoms with Crippen LogP contribution in [0.3, 0.4) is 0 Å². The number of hydrogen-bond donors (Lipinski definition) is 1. The third kappa shape index (κ3) is 7.06. The fourth-order valence-electron chi connectivity index (χ4n) is 3.07. The fourth-order valence-corrected chi connectivity index (χ4v) is 3.41. The lowest BCUT2D eigenvalue weighted by molar-refractivity contribution is -0.141. The van der Waals surface area contributed by atoms with E-state index >= 15 is 0 Å². The minimum absolute atomic E-state index is 0.0527. The quantitative estimate of drug-likeness (QED) is 0.584. The van der Waals surface area contributed by atoms with Crippen LogP contribution in [0.25, 0.3) is 0 Å². The van der Waals surface area contributed by atoms with Gasteiger partial charge in [0.05, 0.1) is 6.42 Å². The standard InChI is InChI=1S/C23H28Cl2N2O2/c1-4-16(3)26-23(29)21(5-2)27(15-17-9-11-19(24)12-10-17)22(28)14-18-7-6-8-20(25)13-18/h6-13,16,21H,4-5,14-15H2,1-3H3,(H,26,29). The van der Waals surface area contributed by atoms with Gasteiger partial charge in [-0.3, -0.25) is 9.59 Å². The topological polar surface area (TPSA) is 49.4 Å². The SMILES string of the molecule is CCC(C)NC(=O)C(CC)N(Cc1ccc(Cl)cc1)C(=O)Cc1cccc(Cl)c1. The van der Waals surface area contributed by atoms with Crippen LogP contribution in [0, 0.1) is 0 Å². The molecule has 2 unspecified atom stereocenters. The minimum atomic E-state index is -0.550. The van der Waals surface area contributed by atoms with E-state index in [9.17, 15) is 9.59 Å². The Morgan fingerprint density at radius 1 is 0.966 bits per heavy atom. The first kappa shape index (κ1) is 23.2. The number of carbonyl (C=O) groups excluding carboxylic acids is 2. The summed E-state index contributed by atoms with van der Waals surface area (Å²) in [6.45, 7) is 6.23. The lowest BCUT2D eigenvalue weighted by Crippen LogP contribution is -2.51. The van der Waals surface area contributed by atoms with Crippen LogP contribution in [0.2, 0.25) is 10.0 Å². The highest BCUT2D eigenvalue weighted by atomic mass is 35.5. The Kier molecular flexibility index (Phi) is 8.99. The molecule has 0 fully saturated rings. The number of amides is 2. The maximum absolute atomic E-state index is 13.2. The monoisotopic (exact) mass is 434 g/mol. The highest BCUT2D eigenvalue weighted by Crippen LogP contribution is 2.18. The second kappa shape index (κ2) is 11.2. The van der Waals surface area contributed by atoms with Gasteiger partial charge in [0.1, 0.15) is 6.04 Å². The minimum Gasteiger partial charge on any atom is -0.352 e. The Morgan fingerprint density at radius 3 is 2.24 bits per heavy atom. The van der Waals surface area contributed by atoms with Gasteiger partial charge in [-0.05, 0) is 55.2 Å². The zero-order valence-electron chi connectivity index (χ0n) is 17.1. The average molecular weight is 435 g/mol. The van der Waals surface area contributed by atoms with Crippen LogP contribution in [0.5, 0.6) is 0 Å². The van der Waals surface area contributed by atoms with E-state index in [0.29, 0.717) is 23.0 Å². The van der Waals surface area contributed by atoms with Crippen LogP contribution in [0.4, 0.5) is 0 Å². The molecule has 6 heteroatoms. The molecule has 2 rings (SSSR count). The van der Waals surface area contributed by atoms with Gasteiger partial charge >= 0.3 is 0 Å². The summed E-state index contributed by atoms with van der Waals surface area (Å²) in [5.41, 5.74) is 1.74. The second-order valence-electron chi connectivity index (χ2n) is 7.20. The van der Waals surface area contributed by atoms with Crippen molar-refractivity contribution in [3.63, 3.8) is 0 Å². The van der Waals surface area contributed by atoms with E-state index in [4.69, 9.17) is 23.2 Å². The van der Waals surface area contributed by atoms with E-state index in [1.165, 1.54) is 0 Å². The Hall–Kier alpha value is -2.04. The molecule has 2 amide bonds. The number of hydrogen-bond acceptors (Lipinski definition) is 2. The van der Waals surface area contributed by atoms with Crippen molar-refractivity contribution in [3.8, 4) is 0 Å². The molecule has 0 aliphatic carbocycles. The summed E-state index contributed by atoms with van der Waals surface area (Å²) in [6.07, 6.45) is 1.54.